The first-order valence-corrected chi connectivity index (χ1v) is 10.2. The topological polar surface area (TPSA) is 87.9 Å². The van der Waals surface area contributed by atoms with E-state index in [1.807, 2.05) is 41.0 Å². The Labute approximate surface area is 185 Å². The predicted octanol–water partition coefficient (Wildman–Crippen LogP) is 3.63. The van der Waals surface area contributed by atoms with E-state index in [0.29, 0.717) is 34.6 Å². The normalized spacial score (nSPS) is 17.6. The Morgan fingerprint density at radius 1 is 1.10 bits per heavy atom. The zero-order valence-electron chi connectivity index (χ0n) is 17.5. The number of para-hydroxylation sites is 1. The van der Waals surface area contributed by atoms with Crippen molar-refractivity contribution < 1.29 is 24.1 Å². The van der Waals surface area contributed by atoms with E-state index in [4.69, 9.17) is 30.5 Å². The fourth-order valence-electron chi connectivity index (χ4n) is 3.94. The summed E-state index contributed by atoms with van der Waals surface area (Å²) in [5.74, 6) is 2.38. The Morgan fingerprint density at radius 2 is 1.94 bits per heavy atom. The van der Waals surface area contributed by atoms with Crippen molar-refractivity contribution >= 4 is 11.6 Å². The second-order valence-corrected chi connectivity index (χ2v) is 7.48. The number of methoxy groups -OCH3 is 3. The van der Waals surface area contributed by atoms with Crippen LogP contribution in [0.2, 0.25) is 5.02 Å². The number of fused-ring (bicyclic) bond motifs is 3. The highest BCUT2D eigenvalue weighted by atomic mass is 35.5. The third-order valence-electron chi connectivity index (χ3n) is 5.24. The third kappa shape index (κ3) is 3.87. The number of ether oxygens (including phenoxy) is 4. The maximum absolute atomic E-state index is 9.72. The maximum atomic E-state index is 9.72. The molecule has 0 spiro atoms. The van der Waals surface area contributed by atoms with Crippen molar-refractivity contribution in [3.8, 4) is 17.2 Å². The molecule has 2 unspecified atom stereocenters. The standard InChI is InChI=1S/C22H24ClN3O5/c1-28-12-19-24-25-22-18(9-10-27)31-20(14-5-4-6-17(29-2)21(14)30-3)15-11-13(23)7-8-16(15)26(19)22/h4-8,11,18,20,27H,9-10,12H2,1-3H3. The number of nitrogens with zero attached hydrogens (tertiary/aromatic N) is 3. The van der Waals surface area contributed by atoms with Crippen LogP contribution >= 0.6 is 11.6 Å². The van der Waals surface area contributed by atoms with Gasteiger partial charge in [0.25, 0.3) is 0 Å². The molecule has 0 bridgehead atoms. The molecule has 4 rings (SSSR count). The molecule has 31 heavy (non-hydrogen) atoms. The largest absolute Gasteiger partial charge is 0.493 e. The summed E-state index contributed by atoms with van der Waals surface area (Å²) in [6.45, 7) is 0.199. The minimum absolute atomic E-state index is 0.0732. The number of rotatable bonds is 7. The lowest BCUT2D eigenvalue weighted by Gasteiger charge is -2.24. The molecule has 2 atom stereocenters. The van der Waals surface area contributed by atoms with Gasteiger partial charge in [0.1, 0.15) is 18.8 Å². The lowest BCUT2D eigenvalue weighted by atomic mass is 9.98. The molecule has 0 fully saturated rings. The first-order chi connectivity index (χ1) is 15.1. The number of hydrogen-bond acceptors (Lipinski definition) is 7. The van der Waals surface area contributed by atoms with Crippen LogP contribution in [0.15, 0.2) is 36.4 Å². The number of aromatic nitrogens is 3. The number of hydrogen-bond donors (Lipinski definition) is 1. The Hall–Kier alpha value is -2.65. The molecule has 164 valence electrons. The molecule has 1 N–H and O–H groups in total. The average Bonchev–Trinajstić information content (AvgIpc) is 3.14. The molecule has 1 aliphatic rings. The Balaban J connectivity index is 1.98. The van der Waals surface area contributed by atoms with Crippen LogP contribution < -0.4 is 9.47 Å². The summed E-state index contributed by atoms with van der Waals surface area (Å²) in [5.41, 5.74) is 2.42. The van der Waals surface area contributed by atoms with Crippen molar-refractivity contribution in [2.75, 3.05) is 27.9 Å². The quantitative estimate of drug-likeness (QED) is 0.594. The van der Waals surface area contributed by atoms with Gasteiger partial charge in [0.05, 0.1) is 19.9 Å². The summed E-state index contributed by atoms with van der Waals surface area (Å²) in [4.78, 5) is 0. The molecule has 1 aromatic heterocycles. The molecule has 0 amide bonds. The Bertz CT molecular complexity index is 1070. The zero-order chi connectivity index (χ0) is 22.0. The molecule has 1 aliphatic heterocycles. The van der Waals surface area contributed by atoms with Gasteiger partial charge in [-0.05, 0) is 24.3 Å². The SMILES string of the molecule is COCc1nnc2n1-c1ccc(Cl)cc1C(c1cccc(OC)c1OC)OC2CCO. The highest BCUT2D eigenvalue weighted by molar-refractivity contribution is 6.30. The van der Waals surface area contributed by atoms with Crippen molar-refractivity contribution in [3.05, 3.63) is 64.2 Å². The molecule has 2 heterocycles. The summed E-state index contributed by atoms with van der Waals surface area (Å²) in [5, 5.41) is 18.9. The minimum atomic E-state index is -0.549. The lowest BCUT2D eigenvalue weighted by molar-refractivity contribution is -0.00989. The number of benzene rings is 2. The molecule has 0 aliphatic carbocycles. The van der Waals surface area contributed by atoms with Gasteiger partial charge in [0.15, 0.2) is 23.1 Å². The van der Waals surface area contributed by atoms with Gasteiger partial charge in [-0.3, -0.25) is 4.57 Å². The van der Waals surface area contributed by atoms with E-state index in [1.165, 1.54) is 0 Å². The first-order valence-electron chi connectivity index (χ1n) is 9.83. The van der Waals surface area contributed by atoms with Gasteiger partial charge >= 0.3 is 0 Å². The monoisotopic (exact) mass is 445 g/mol. The average molecular weight is 446 g/mol. The van der Waals surface area contributed by atoms with Crippen molar-refractivity contribution in [1.29, 1.82) is 0 Å². The minimum Gasteiger partial charge on any atom is -0.493 e. The number of aliphatic hydroxyl groups is 1. The van der Waals surface area contributed by atoms with Gasteiger partial charge < -0.3 is 24.1 Å². The molecule has 2 aromatic carbocycles. The fourth-order valence-corrected chi connectivity index (χ4v) is 4.12. The van der Waals surface area contributed by atoms with Crippen LogP contribution in [0.4, 0.5) is 0 Å². The highest BCUT2D eigenvalue weighted by Crippen LogP contribution is 2.46. The molecule has 0 saturated heterocycles. The molecule has 9 heteroatoms. The van der Waals surface area contributed by atoms with E-state index < -0.39 is 12.2 Å². The zero-order valence-corrected chi connectivity index (χ0v) is 18.3. The Kier molecular flexibility index (Phi) is 6.43. The molecular weight excluding hydrogens is 422 g/mol. The molecule has 0 saturated carbocycles. The van der Waals surface area contributed by atoms with Gasteiger partial charge in [0.2, 0.25) is 0 Å². The van der Waals surface area contributed by atoms with E-state index in [0.717, 1.165) is 16.8 Å². The van der Waals surface area contributed by atoms with Crippen LogP contribution in [0.3, 0.4) is 0 Å². The van der Waals surface area contributed by atoms with E-state index in [1.54, 1.807) is 21.3 Å². The van der Waals surface area contributed by atoms with Crippen LogP contribution in [0.1, 0.15) is 41.4 Å². The van der Waals surface area contributed by atoms with Crippen LogP contribution in [0, 0.1) is 0 Å². The second kappa shape index (κ2) is 9.23. The molecule has 3 aromatic rings. The van der Waals surface area contributed by atoms with Crippen molar-refractivity contribution in [2.45, 2.75) is 25.2 Å². The van der Waals surface area contributed by atoms with Crippen LogP contribution in [-0.4, -0.2) is 47.8 Å². The van der Waals surface area contributed by atoms with Crippen LogP contribution in [0.25, 0.3) is 5.69 Å². The van der Waals surface area contributed by atoms with Crippen LogP contribution in [0.5, 0.6) is 11.5 Å². The summed E-state index contributed by atoms with van der Waals surface area (Å²) in [7, 11) is 4.79. The van der Waals surface area contributed by atoms with Crippen LogP contribution in [-0.2, 0) is 16.1 Å². The summed E-state index contributed by atoms with van der Waals surface area (Å²) in [6, 6.07) is 11.2. The van der Waals surface area contributed by atoms with E-state index >= 15 is 0 Å². The van der Waals surface area contributed by atoms with Gasteiger partial charge in [-0.1, -0.05) is 23.7 Å². The Morgan fingerprint density at radius 3 is 2.65 bits per heavy atom. The summed E-state index contributed by atoms with van der Waals surface area (Å²) < 4.78 is 25.0. The summed E-state index contributed by atoms with van der Waals surface area (Å²) in [6.07, 6.45) is -0.724. The molecule has 8 nitrogen and oxygen atoms in total. The van der Waals surface area contributed by atoms with Crippen molar-refractivity contribution in [3.63, 3.8) is 0 Å². The third-order valence-corrected chi connectivity index (χ3v) is 5.47. The molecular formula is C22H24ClN3O5. The highest BCUT2D eigenvalue weighted by Gasteiger charge is 2.35. The number of halogens is 1. The summed E-state index contributed by atoms with van der Waals surface area (Å²) >= 11 is 6.40. The van der Waals surface area contributed by atoms with E-state index in [-0.39, 0.29) is 13.2 Å². The first kappa shape index (κ1) is 21.6. The predicted molar refractivity (Wildman–Crippen MR) is 114 cm³/mol. The van der Waals surface area contributed by atoms with E-state index in [2.05, 4.69) is 10.2 Å². The fraction of sp³-hybridized carbons (Fsp3) is 0.364. The molecule has 0 radical (unpaired) electrons. The van der Waals surface area contributed by atoms with Crippen molar-refractivity contribution in [1.82, 2.24) is 14.8 Å². The van der Waals surface area contributed by atoms with Gasteiger partial charge in [-0.15, -0.1) is 10.2 Å². The second-order valence-electron chi connectivity index (χ2n) is 7.05. The lowest BCUT2D eigenvalue weighted by Crippen LogP contribution is -2.14. The van der Waals surface area contributed by atoms with E-state index in [9.17, 15) is 5.11 Å². The van der Waals surface area contributed by atoms with Crippen molar-refractivity contribution in [2.24, 2.45) is 0 Å². The van der Waals surface area contributed by atoms with Gasteiger partial charge in [0, 0.05) is 36.3 Å². The number of aliphatic hydroxyl groups excluding tert-OH is 1. The van der Waals surface area contributed by atoms with Gasteiger partial charge in [-0.2, -0.15) is 0 Å². The van der Waals surface area contributed by atoms with Gasteiger partial charge in [-0.25, -0.2) is 0 Å². The maximum Gasteiger partial charge on any atom is 0.167 e. The smallest absolute Gasteiger partial charge is 0.167 e.